The predicted molar refractivity (Wildman–Crippen MR) is 80.7 cm³/mol. The second-order valence-corrected chi connectivity index (χ2v) is 7.32. The molecule has 2 N–H and O–H groups in total. The van der Waals surface area contributed by atoms with Crippen molar-refractivity contribution in [2.75, 3.05) is 32.7 Å². The second kappa shape index (κ2) is 7.99. The molecule has 0 aliphatic carbocycles. The number of alkyl halides is 3. The summed E-state index contributed by atoms with van der Waals surface area (Å²) in [5.41, 5.74) is -0.146. The highest BCUT2D eigenvalue weighted by molar-refractivity contribution is 5.84. The maximum Gasteiger partial charge on any atom is 0.401 e. The van der Waals surface area contributed by atoms with Gasteiger partial charge in [-0.3, -0.25) is 14.5 Å². The van der Waals surface area contributed by atoms with Gasteiger partial charge in [0.05, 0.1) is 13.1 Å². The summed E-state index contributed by atoms with van der Waals surface area (Å²) in [6.07, 6.45) is -3.22. The average Bonchev–Trinajstić information content (AvgIpc) is 2.77. The zero-order valence-electron chi connectivity index (χ0n) is 13.9. The average molecular weight is 337 g/mol. The van der Waals surface area contributed by atoms with E-state index in [1.807, 2.05) is 20.8 Å². The summed E-state index contributed by atoms with van der Waals surface area (Å²) >= 11 is 0. The number of carbonyl (C=O) groups excluding carboxylic acids is 2. The van der Waals surface area contributed by atoms with Gasteiger partial charge in [0.25, 0.3) is 0 Å². The number of likely N-dealkylation sites (tertiary alicyclic amines) is 1. The topological polar surface area (TPSA) is 61.4 Å². The van der Waals surface area contributed by atoms with Crippen LogP contribution in [0.3, 0.4) is 0 Å². The number of rotatable bonds is 6. The zero-order chi connectivity index (χ0) is 17.7. The Morgan fingerprint density at radius 3 is 2.35 bits per heavy atom. The number of amides is 2. The summed E-state index contributed by atoms with van der Waals surface area (Å²) in [5.74, 6) is -0.488. The Labute approximate surface area is 135 Å². The number of halogens is 3. The minimum absolute atomic E-state index is 0.0200. The minimum atomic E-state index is -4.19. The summed E-state index contributed by atoms with van der Waals surface area (Å²) in [7, 11) is 0. The molecular formula is C15H26F3N3O2. The SMILES string of the molecule is CC(C)(C)CC(=O)NCC(=O)NC[C@@H]1CCN(CC(F)(F)F)C1. The molecule has 0 saturated carbocycles. The Balaban J connectivity index is 2.18. The van der Waals surface area contributed by atoms with Gasteiger partial charge in [0.1, 0.15) is 0 Å². The normalized spacial score (nSPS) is 19.7. The van der Waals surface area contributed by atoms with Gasteiger partial charge >= 0.3 is 6.18 Å². The fourth-order valence-corrected chi connectivity index (χ4v) is 2.52. The maximum absolute atomic E-state index is 12.3. The maximum atomic E-state index is 12.3. The molecule has 0 radical (unpaired) electrons. The van der Waals surface area contributed by atoms with Crippen molar-refractivity contribution in [3.05, 3.63) is 0 Å². The van der Waals surface area contributed by atoms with Crippen LogP contribution in [0.2, 0.25) is 0 Å². The molecule has 1 rings (SSSR count). The summed E-state index contributed by atoms with van der Waals surface area (Å²) in [6.45, 7) is 5.84. The summed E-state index contributed by atoms with van der Waals surface area (Å²) in [6, 6.07) is 0. The Hall–Kier alpha value is -1.31. The molecule has 1 heterocycles. The predicted octanol–water partition coefficient (Wildman–Crippen LogP) is 1.54. The molecule has 1 aliphatic rings. The number of nitrogens with one attached hydrogen (secondary N) is 2. The van der Waals surface area contributed by atoms with Crippen molar-refractivity contribution >= 4 is 11.8 Å². The van der Waals surface area contributed by atoms with Crippen LogP contribution < -0.4 is 10.6 Å². The van der Waals surface area contributed by atoms with E-state index in [-0.39, 0.29) is 29.7 Å². The van der Waals surface area contributed by atoms with E-state index in [1.54, 1.807) is 0 Å². The Morgan fingerprint density at radius 1 is 1.13 bits per heavy atom. The van der Waals surface area contributed by atoms with Crippen LogP contribution in [0.15, 0.2) is 0 Å². The summed E-state index contributed by atoms with van der Waals surface area (Å²) in [4.78, 5) is 24.6. The van der Waals surface area contributed by atoms with Crippen molar-refractivity contribution in [1.82, 2.24) is 15.5 Å². The van der Waals surface area contributed by atoms with Crippen LogP contribution in [0.1, 0.15) is 33.6 Å². The molecule has 0 unspecified atom stereocenters. The van der Waals surface area contributed by atoms with Crippen molar-refractivity contribution in [2.45, 2.75) is 39.8 Å². The fraction of sp³-hybridized carbons (Fsp3) is 0.867. The van der Waals surface area contributed by atoms with Crippen molar-refractivity contribution < 1.29 is 22.8 Å². The van der Waals surface area contributed by atoms with Gasteiger partial charge < -0.3 is 10.6 Å². The van der Waals surface area contributed by atoms with Crippen LogP contribution in [0.25, 0.3) is 0 Å². The molecule has 23 heavy (non-hydrogen) atoms. The first-order valence-electron chi connectivity index (χ1n) is 7.77. The molecule has 0 spiro atoms. The van der Waals surface area contributed by atoms with Gasteiger partial charge in [-0.1, -0.05) is 20.8 Å². The van der Waals surface area contributed by atoms with E-state index in [9.17, 15) is 22.8 Å². The minimum Gasteiger partial charge on any atom is -0.354 e. The van der Waals surface area contributed by atoms with Crippen LogP contribution in [0.5, 0.6) is 0 Å². The number of carbonyl (C=O) groups is 2. The van der Waals surface area contributed by atoms with Crippen LogP contribution in [-0.2, 0) is 9.59 Å². The standard InChI is InChI=1S/C15H26F3N3O2/c1-14(2,3)6-12(22)20-8-13(23)19-7-11-4-5-21(9-11)10-15(16,17)18/h11H,4-10H2,1-3H3,(H,19,23)(H,20,22)/t11-/m0/s1. The molecule has 0 aromatic heterocycles. The Morgan fingerprint density at radius 2 is 1.78 bits per heavy atom. The lowest BCUT2D eigenvalue weighted by molar-refractivity contribution is -0.143. The number of hydrogen-bond donors (Lipinski definition) is 2. The highest BCUT2D eigenvalue weighted by atomic mass is 19.4. The summed E-state index contributed by atoms with van der Waals surface area (Å²) < 4.78 is 36.9. The molecule has 134 valence electrons. The van der Waals surface area contributed by atoms with Gasteiger partial charge in [0, 0.05) is 19.5 Å². The van der Waals surface area contributed by atoms with Crippen molar-refractivity contribution in [3.8, 4) is 0 Å². The van der Waals surface area contributed by atoms with Gasteiger partial charge in [-0.05, 0) is 24.3 Å². The Bertz CT molecular complexity index is 419. The van der Waals surface area contributed by atoms with E-state index >= 15 is 0 Å². The van der Waals surface area contributed by atoms with Crippen molar-refractivity contribution in [2.24, 2.45) is 11.3 Å². The van der Waals surface area contributed by atoms with Crippen LogP contribution in [-0.4, -0.2) is 55.6 Å². The Kier molecular flexibility index (Phi) is 6.85. The lowest BCUT2D eigenvalue weighted by Crippen LogP contribution is -2.40. The third-order valence-electron chi connectivity index (χ3n) is 3.50. The van der Waals surface area contributed by atoms with Crippen LogP contribution >= 0.6 is 0 Å². The first-order valence-corrected chi connectivity index (χ1v) is 7.77. The van der Waals surface area contributed by atoms with E-state index in [1.165, 1.54) is 4.90 Å². The fourth-order valence-electron chi connectivity index (χ4n) is 2.52. The molecule has 2 amide bonds. The van der Waals surface area contributed by atoms with Crippen LogP contribution in [0.4, 0.5) is 13.2 Å². The van der Waals surface area contributed by atoms with Gasteiger partial charge in [-0.2, -0.15) is 13.2 Å². The smallest absolute Gasteiger partial charge is 0.354 e. The first-order chi connectivity index (χ1) is 10.4. The lowest BCUT2D eigenvalue weighted by Gasteiger charge is -2.18. The highest BCUT2D eigenvalue weighted by Gasteiger charge is 2.34. The van der Waals surface area contributed by atoms with Gasteiger partial charge in [0.15, 0.2) is 0 Å². The molecule has 8 heteroatoms. The van der Waals surface area contributed by atoms with E-state index in [2.05, 4.69) is 10.6 Å². The molecule has 5 nitrogen and oxygen atoms in total. The third kappa shape index (κ3) is 9.43. The second-order valence-electron chi connectivity index (χ2n) is 7.32. The quantitative estimate of drug-likeness (QED) is 0.773. The molecule has 0 bridgehead atoms. The molecule has 0 aromatic carbocycles. The van der Waals surface area contributed by atoms with E-state index in [4.69, 9.17) is 0 Å². The molecule has 1 fully saturated rings. The number of nitrogens with zero attached hydrogens (tertiary/aromatic N) is 1. The molecule has 1 saturated heterocycles. The van der Waals surface area contributed by atoms with E-state index in [0.29, 0.717) is 32.5 Å². The molecule has 0 aromatic rings. The van der Waals surface area contributed by atoms with Crippen molar-refractivity contribution in [3.63, 3.8) is 0 Å². The zero-order valence-corrected chi connectivity index (χ0v) is 13.9. The van der Waals surface area contributed by atoms with Gasteiger partial charge in [-0.15, -0.1) is 0 Å². The van der Waals surface area contributed by atoms with Gasteiger partial charge in [-0.25, -0.2) is 0 Å². The van der Waals surface area contributed by atoms with Crippen LogP contribution in [0, 0.1) is 11.3 Å². The van der Waals surface area contributed by atoms with Crippen molar-refractivity contribution in [1.29, 1.82) is 0 Å². The van der Waals surface area contributed by atoms with Gasteiger partial charge in [0.2, 0.25) is 11.8 Å². The van der Waals surface area contributed by atoms with E-state index in [0.717, 1.165) is 0 Å². The molecule has 1 aliphatic heterocycles. The third-order valence-corrected chi connectivity index (χ3v) is 3.50. The number of hydrogen-bond acceptors (Lipinski definition) is 3. The first kappa shape index (κ1) is 19.7. The monoisotopic (exact) mass is 337 g/mol. The molecular weight excluding hydrogens is 311 g/mol. The highest BCUT2D eigenvalue weighted by Crippen LogP contribution is 2.22. The lowest BCUT2D eigenvalue weighted by atomic mass is 9.92. The largest absolute Gasteiger partial charge is 0.401 e. The summed E-state index contributed by atoms with van der Waals surface area (Å²) in [5, 5.41) is 5.21. The van der Waals surface area contributed by atoms with E-state index < -0.39 is 12.7 Å². The molecule has 1 atom stereocenters.